The Morgan fingerprint density at radius 2 is 1.43 bits per heavy atom. The van der Waals surface area contributed by atoms with Crippen molar-refractivity contribution in [1.29, 1.82) is 10.5 Å². The van der Waals surface area contributed by atoms with Gasteiger partial charge in [0.05, 0.1) is 17.7 Å². The van der Waals surface area contributed by atoms with Gasteiger partial charge in [-0.15, -0.1) is 0 Å². The summed E-state index contributed by atoms with van der Waals surface area (Å²) in [5.74, 6) is 3.08. The molecule has 3 rings (SSSR count). The molecule has 0 unspecified atom stereocenters. The lowest BCUT2D eigenvalue weighted by molar-refractivity contribution is 0.295. The van der Waals surface area contributed by atoms with Crippen LogP contribution in [0.25, 0.3) is 0 Å². The van der Waals surface area contributed by atoms with Crippen molar-refractivity contribution in [2.75, 3.05) is 0 Å². The summed E-state index contributed by atoms with van der Waals surface area (Å²) in [4.78, 5) is 0. The van der Waals surface area contributed by atoms with Gasteiger partial charge >= 0.3 is 0 Å². The minimum Gasteiger partial charge on any atom is -0.193 e. The highest BCUT2D eigenvalue weighted by atomic mass is 14.3. The van der Waals surface area contributed by atoms with Gasteiger partial charge in [-0.25, -0.2) is 0 Å². The third kappa shape index (κ3) is 7.03. The zero-order chi connectivity index (χ0) is 21.0. The van der Waals surface area contributed by atoms with E-state index in [2.05, 4.69) is 36.4 Å². The fraction of sp³-hybridized carbons (Fsp3) is 0.500. The van der Waals surface area contributed by atoms with Gasteiger partial charge in [-0.1, -0.05) is 42.5 Å². The fourth-order valence-corrected chi connectivity index (χ4v) is 5.06. The van der Waals surface area contributed by atoms with Crippen LogP contribution in [0.3, 0.4) is 0 Å². The average Bonchev–Trinajstić information content (AvgIpc) is 2.81. The fourth-order valence-electron chi connectivity index (χ4n) is 5.06. The molecule has 0 radical (unpaired) electrons. The highest BCUT2D eigenvalue weighted by Gasteiger charge is 2.22. The molecule has 1 aromatic carbocycles. The second-order valence-corrected chi connectivity index (χ2v) is 9.00. The molecule has 1 aromatic rings. The SMILES string of the molecule is N#CC=CC=CCCC1CCC(C=CC2CCC(c3ccc(C#N)cc3)CC2)CC1. The Kier molecular flexibility index (Phi) is 8.99. The summed E-state index contributed by atoms with van der Waals surface area (Å²) in [5.41, 5.74) is 2.17. The second-order valence-electron chi connectivity index (χ2n) is 9.00. The highest BCUT2D eigenvalue weighted by Crippen LogP contribution is 2.37. The molecule has 0 aliphatic heterocycles. The first-order valence-electron chi connectivity index (χ1n) is 11.7. The van der Waals surface area contributed by atoms with E-state index in [-0.39, 0.29) is 0 Å². The number of nitrogens with zero attached hydrogens (tertiary/aromatic N) is 2. The Morgan fingerprint density at radius 3 is 2.03 bits per heavy atom. The second kappa shape index (κ2) is 12.2. The summed E-state index contributed by atoms with van der Waals surface area (Å²) in [5, 5.41) is 17.4. The Morgan fingerprint density at radius 1 is 0.800 bits per heavy atom. The van der Waals surface area contributed by atoms with Gasteiger partial charge in [0.15, 0.2) is 0 Å². The molecule has 156 valence electrons. The van der Waals surface area contributed by atoms with Crippen LogP contribution in [-0.4, -0.2) is 0 Å². The number of rotatable bonds is 7. The van der Waals surface area contributed by atoms with Gasteiger partial charge in [-0.2, -0.15) is 10.5 Å². The van der Waals surface area contributed by atoms with Crippen LogP contribution in [0, 0.1) is 40.4 Å². The Hall–Kier alpha value is -2.58. The van der Waals surface area contributed by atoms with Crippen LogP contribution < -0.4 is 0 Å². The molecule has 2 fully saturated rings. The van der Waals surface area contributed by atoms with E-state index in [0.717, 1.165) is 29.7 Å². The predicted octanol–water partition coefficient (Wildman–Crippen LogP) is 7.61. The lowest BCUT2D eigenvalue weighted by Gasteiger charge is -2.29. The molecule has 0 N–H and O–H groups in total. The van der Waals surface area contributed by atoms with Gasteiger partial charge in [0.2, 0.25) is 0 Å². The summed E-state index contributed by atoms with van der Waals surface area (Å²) in [7, 11) is 0. The molecule has 2 aliphatic rings. The standard InChI is InChI=1S/C28H34N2/c29-21-5-3-1-2-4-6-23-7-9-24(10-8-23)11-12-25-13-17-27(18-14-25)28-19-15-26(22-30)16-20-28/h1-3,5,11-12,15-16,19-20,23-25,27H,4,6-10,13-14,17-18H2. The molecule has 0 spiro atoms. The Bertz CT molecular complexity index is 800. The lowest BCUT2D eigenvalue weighted by atomic mass is 9.77. The molecule has 0 heterocycles. The molecule has 0 aromatic heterocycles. The topological polar surface area (TPSA) is 47.6 Å². The highest BCUT2D eigenvalue weighted by molar-refractivity contribution is 5.33. The number of hydrogen-bond acceptors (Lipinski definition) is 2. The Balaban J connectivity index is 1.33. The minimum absolute atomic E-state index is 0.669. The molecular weight excluding hydrogens is 364 g/mol. The third-order valence-electron chi connectivity index (χ3n) is 6.99. The van der Waals surface area contributed by atoms with E-state index in [1.807, 2.05) is 30.4 Å². The Labute approximate surface area is 182 Å². The van der Waals surface area contributed by atoms with Crippen LogP contribution in [0.4, 0.5) is 0 Å². The van der Waals surface area contributed by atoms with Crippen molar-refractivity contribution in [2.24, 2.45) is 17.8 Å². The van der Waals surface area contributed by atoms with Crippen molar-refractivity contribution in [1.82, 2.24) is 0 Å². The van der Waals surface area contributed by atoms with Gasteiger partial charge in [0.1, 0.15) is 0 Å². The first kappa shape index (κ1) is 22.1. The zero-order valence-electron chi connectivity index (χ0n) is 18.0. The summed E-state index contributed by atoms with van der Waals surface area (Å²) < 4.78 is 0. The molecule has 2 saturated carbocycles. The van der Waals surface area contributed by atoms with Crippen molar-refractivity contribution in [2.45, 2.75) is 70.1 Å². The molecule has 0 amide bonds. The summed E-state index contributed by atoms with van der Waals surface area (Å²) >= 11 is 0. The number of benzene rings is 1. The van der Waals surface area contributed by atoms with E-state index in [1.165, 1.54) is 69.4 Å². The summed E-state index contributed by atoms with van der Waals surface area (Å²) in [6.07, 6.45) is 25.6. The van der Waals surface area contributed by atoms with Crippen molar-refractivity contribution >= 4 is 0 Å². The minimum atomic E-state index is 0.669. The molecule has 2 nitrogen and oxygen atoms in total. The normalized spacial score (nSPS) is 27.4. The van der Waals surface area contributed by atoms with Crippen molar-refractivity contribution in [3.05, 3.63) is 71.8 Å². The monoisotopic (exact) mass is 398 g/mol. The van der Waals surface area contributed by atoms with Gasteiger partial charge in [0.25, 0.3) is 0 Å². The quantitative estimate of drug-likeness (QED) is 0.269. The van der Waals surface area contributed by atoms with Crippen LogP contribution in [0.15, 0.2) is 60.7 Å². The molecule has 30 heavy (non-hydrogen) atoms. The largest absolute Gasteiger partial charge is 0.193 e. The number of hydrogen-bond donors (Lipinski definition) is 0. The first-order valence-corrected chi connectivity index (χ1v) is 11.7. The summed E-state index contributed by atoms with van der Waals surface area (Å²) in [6, 6.07) is 12.4. The molecule has 2 aliphatic carbocycles. The van der Waals surface area contributed by atoms with Crippen LogP contribution in [-0.2, 0) is 0 Å². The van der Waals surface area contributed by atoms with Crippen LogP contribution in [0.1, 0.15) is 81.3 Å². The van der Waals surface area contributed by atoms with Crippen LogP contribution >= 0.6 is 0 Å². The zero-order valence-corrected chi connectivity index (χ0v) is 18.0. The average molecular weight is 399 g/mol. The van der Waals surface area contributed by atoms with Gasteiger partial charge in [-0.3, -0.25) is 0 Å². The van der Waals surface area contributed by atoms with E-state index in [1.54, 1.807) is 0 Å². The van der Waals surface area contributed by atoms with Gasteiger partial charge < -0.3 is 0 Å². The van der Waals surface area contributed by atoms with Gasteiger partial charge in [-0.05, 0) is 106 Å². The molecule has 0 bridgehead atoms. The van der Waals surface area contributed by atoms with E-state index in [4.69, 9.17) is 10.5 Å². The van der Waals surface area contributed by atoms with Crippen molar-refractivity contribution in [3.8, 4) is 12.1 Å². The third-order valence-corrected chi connectivity index (χ3v) is 6.99. The van der Waals surface area contributed by atoms with Crippen molar-refractivity contribution < 1.29 is 0 Å². The number of nitriles is 2. The van der Waals surface area contributed by atoms with E-state index < -0.39 is 0 Å². The van der Waals surface area contributed by atoms with E-state index in [9.17, 15) is 0 Å². The first-order chi connectivity index (χ1) is 14.8. The number of allylic oxidation sites excluding steroid dienone is 6. The maximum atomic E-state index is 8.96. The van der Waals surface area contributed by atoms with E-state index in [0.29, 0.717) is 5.92 Å². The molecular formula is C28H34N2. The summed E-state index contributed by atoms with van der Waals surface area (Å²) in [6.45, 7) is 0. The molecule has 0 saturated heterocycles. The smallest absolute Gasteiger partial charge is 0.0991 e. The maximum absolute atomic E-state index is 8.96. The van der Waals surface area contributed by atoms with Crippen molar-refractivity contribution in [3.63, 3.8) is 0 Å². The van der Waals surface area contributed by atoms with Crippen LogP contribution in [0.2, 0.25) is 0 Å². The van der Waals surface area contributed by atoms with Gasteiger partial charge in [0, 0.05) is 6.08 Å². The molecule has 2 heteroatoms. The van der Waals surface area contributed by atoms with E-state index >= 15 is 0 Å². The molecule has 0 atom stereocenters. The maximum Gasteiger partial charge on any atom is 0.0991 e. The van der Waals surface area contributed by atoms with Crippen LogP contribution in [0.5, 0.6) is 0 Å². The lowest BCUT2D eigenvalue weighted by Crippen LogP contribution is -2.14. The predicted molar refractivity (Wildman–Crippen MR) is 124 cm³/mol.